The Hall–Kier alpha value is -3.14. The third-order valence-electron chi connectivity index (χ3n) is 8.71. The molecule has 0 unspecified atom stereocenters. The fraction of sp³-hybridized carbons (Fsp3) is 0.538. The van der Waals surface area contributed by atoms with Crippen LogP contribution in [-0.4, -0.2) is 36.0 Å². The number of thiazole rings is 1. The van der Waals surface area contributed by atoms with Gasteiger partial charge in [-0.25, -0.2) is 9.78 Å². The maximum Gasteiger partial charge on any atom is 0.414 e. The van der Waals surface area contributed by atoms with Crippen LogP contribution >= 0.6 is 11.3 Å². The number of nitrogens with zero attached hydrogens (tertiary/aromatic N) is 1. The van der Waals surface area contributed by atoms with Crippen LogP contribution in [0.15, 0.2) is 40.2 Å². The van der Waals surface area contributed by atoms with Crippen LogP contribution in [0.1, 0.15) is 50.0 Å². The lowest BCUT2D eigenvalue weighted by Gasteiger charge is -2.64. The normalized spacial score (nSPS) is 36.9. The standard InChI is InChI=1S/C26H28N2O7S/c1-13-12-36-23(27-13)28-24(31)35-17-8-16-19(32-3)10-26(16)6-4-15-22(30)34-18(14-5-7-33-11-14)9-25(15,2)21(26)20(17)29/h5,7,10-12,15-18,21H,4,6,8-9H2,1-3H3,(H,27,28,31)/t15-,16-,17-,18-,21+,25-,26+/m0/s1. The predicted octanol–water partition coefficient (Wildman–Crippen LogP) is 4.80. The lowest BCUT2D eigenvalue weighted by atomic mass is 9.39. The largest absolute Gasteiger partial charge is 0.501 e. The van der Waals surface area contributed by atoms with Crippen molar-refractivity contribution in [1.29, 1.82) is 0 Å². The number of carbonyl (C=O) groups excluding carboxylic acids is 3. The number of ketones is 1. The van der Waals surface area contributed by atoms with Crippen LogP contribution in [0.4, 0.5) is 9.93 Å². The van der Waals surface area contributed by atoms with Crippen molar-refractivity contribution in [2.24, 2.45) is 28.6 Å². The topological polar surface area (TPSA) is 117 Å². The number of furan rings is 1. The lowest BCUT2D eigenvalue weighted by Crippen LogP contribution is -2.66. The molecule has 2 aromatic heterocycles. The van der Waals surface area contributed by atoms with Gasteiger partial charge in [0.2, 0.25) is 0 Å². The van der Waals surface area contributed by atoms with Gasteiger partial charge in [0.05, 0.1) is 37.0 Å². The van der Waals surface area contributed by atoms with Crippen molar-refractivity contribution in [2.75, 3.05) is 12.4 Å². The van der Waals surface area contributed by atoms with Gasteiger partial charge in [-0.2, -0.15) is 0 Å². The molecule has 9 nitrogen and oxygen atoms in total. The fourth-order valence-corrected chi connectivity index (χ4v) is 7.88. The number of methoxy groups -OCH3 is 1. The summed E-state index contributed by atoms with van der Waals surface area (Å²) in [5.74, 6) is -0.604. The molecule has 1 saturated heterocycles. The van der Waals surface area contributed by atoms with E-state index >= 15 is 0 Å². The summed E-state index contributed by atoms with van der Waals surface area (Å²) in [6.45, 7) is 3.85. The summed E-state index contributed by atoms with van der Waals surface area (Å²) in [5, 5.41) is 4.87. The number of amides is 1. The van der Waals surface area contributed by atoms with Crippen molar-refractivity contribution in [3.8, 4) is 0 Å². The molecule has 36 heavy (non-hydrogen) atoms. The van der Waals surface area contributed by atoms with Gasteiger partial charge in [0.25, 0.3) is 0 Å². The van der Waals surface area contributed by atoms with Crippen LogP contribution in [0.25, 0.3) is 0 Å². The van der Waals surface area contributed by atoms with Crippen molar-refractivity contribution < 1.29 is 33.0 Å². The van der Waals surface area contributed by atoms with Crippen LogP contribution in [0.5, 0.6) is 0 Å². The summed E-state index contributed by atoms with van der Waals surface area (Å²) in [5.41, 5.74) is 0.464. The Labute approximate surface area is 212 Å². The summed E-state index contributed by atoms with van der Waals surface area (Å²) >= 11 is 1.29. The number of hydrogen-bond donors (Lipinski definition) is 1. The number of aromatic nitrogens is 1. The highest BCUT2D eigenvalue weighted by atomic mass is 32.1. The Kier molecular flexibility index (Phi) is 5.30. The monoisotopic (exact) mass is 512 g/mol. The molecule has 1 spiro atoms. The molecule has 1 amide bonds. The first-order valence-electron chi connectivity index (χ1n) is 12.2. The van der Waals surface area contributed by atoms with E-state index in [1.807, 2.05) is 19.2 Å². The van der Waals surface area contributed by atoms with Crippen molar-refractivity contribution >= 4 is 34.3 Å². The molecule has 2 aromatic rings. The van der Waals surface area contributed by atoms with Gasteiger partial charge in [-0.15, -0.1) is 11.3 Å². The molecule has 2 saturated carbocycles. The Morgan fingerprint density at radius 2 is 2.14 bits per heavy atom. The Morgan fingerprint density at radius 1 is 1.31 bits per heavy atom. The van der Waals surface area contributed by atoms with Crippen molar-refractivity contribution in [3.63, 3.8) is 0 Å². The minimum Gasteiger partial charge on any atom is -0.501 e. The zero-order valence-corrected chi connectivity index (χ0v) is 21.1. The molecule has 1 aliphatic heterocycles. The van der Waals surface area contributed by atoms with Crippen molar-refractivity contribution in [2.45, 2.75) is 51.7 Å². The summed E-state index contributed by atoms with van der Waals surface area (Å²) in [4.78, 5) is 44.3. The molecule has 3 fully saturated rings. The average molecular weight is 513 g/mol. The quantitative estimate of drug-likeness (QED) is 0.581. The van der Waals surface area contributed by atoms with Gasteiger partial charge < -0.3 is 18.6 Å². The van der Waals surface area contributed by atoms with Gasteiger partial charge in [-0.05, 0) is 43.7 Å². The summed E-state index contributed by atoms with van der Waals surface area (Å²) in [6.07, 6.45) is 5.20. The van der Waals surface area contributed by atoms with Gasteiger partial charge >= 0.3 is 12.1 Å². The molecule has 6 rings (SSSR count). The van der Waals surface area contributed by atoms with Crippen molar-refractivity contribution in [1.82, 2.24) is 4.98 Å². The van der Waals surface area contributed by atoms with Crippen LogP contribution in [-0.2, 0) is 23.8 Å². The highest BCUT2D eigenvalue weighted by Gasteiger charge is 2.70. The highest BCUT2D eigenvalue weighted by Crippen LogP contribution is 2.70. The number of esters is 1. The number of nitrogens with one attached hydrogen (secondary N) is 1. The smallest absolute Gasteiger partial charge is 0.414 e. The van der Waals surface area contributed by atoms with Crippen LogP contribution in [0.2, 0.25) is 0 Å². The number of cyclic esters (lactones) is 1. The van der Waals surface area contributed by atoms with E-state index in [-0.39, 0.29) is 17.7 Å². The molecule has 0 bridgehead atoms. The maximum absolute atomic E-state index is 14.1. The Bertz CT molecular complexity index is 1250. The SMILES string of the molecule is COC1=C[C@@]23CC[C@H]4C(=O)O[C@H](c5ccoc5)C[C@]4(C)[C@H]2C(=O)[C@@H](OC(=O)Nc2nc(C)cs2)C[C@@H]13. The first kappa shape index (κ1) is 23.3. The van der Waals surface area contributed by atoms with Crippen molar-refractivity contribution in [3.05, 3.63) is 47.1 Å². The zero-order chi connectivity index (χ0) is 25.2. The number of Topliss-reactive ketones (excluding diaryl/α,β-unsaturated/α-hetero) is 1. The Morgan fingerprint density at radius 3 is 2.83 bits per heavy atom. The van der Waals surface area contributed by atoms with Gasteiger partial charge in [0.15, 0.2) is 17.0 Å². The van der Waals surface area contributed by atoms with E-state index < -0.39 is 41.0 Å². The molecular weight excluding hydrogens is 484 g/mol. The molecule has 0 aromatic carbocycles. The van der Waals surface area contributed by atoms with Gasteiger partial charge in [0, 0.05) is 34.6 Å². The van der Waals surface area contributed by atoms with Gasteiger partial charge in [-0.3, -0.25) is 14.9 Å². The number of fused-ring (bicyclic) bond motifs is 2. The molecule has 3 heterocycles. The molecule has 4 aliphatic rings. The summed E-state index contributed by atoms with van der Waals surface area (Å²) in [6, 6.07) is 1.79. The second-order valence-electron chi connectivity index (χ2n) is 10.6. The predicted molar refractivity (Wildman–Crippen MR) is 128 cm³/mol. The van der Waals surface area contributed by atoms with E-state index in [4.69, 9.17) is 18.6 Å². The third-order valence-corrected chi connectivity index (χ3v) is 9.59. The maximum atomic E-state index is 14.1. The molecule has 3 aliphatic carbocycles. The summed E-state index contributed by atoms with van der Waals surface area (Å²) in [7, 11) is 1.62. The number of ether oxygens (including phenoxy) is 3. The first-order valence-corrected chi connectivity index (χ1v) is 13.1. The second kappa shape index (κ2) is 8.19. The number of carbonyl (C=O) groups is 3. The number of anilines is 1. The zero-order valence-electron chi connectivity index (χ0n) is 20.3. The second-order valence-corrected chi connectivity index (χ2v) is 11.4. The lowest BCUT2D eigenvalue weighted by molar-refractivity contribution is -0.205. The molecule has 190 valence electrons. The molecular formula is C26H28N2O7S. The number of aryl methyl sites for hydroxylation is 1. The van der Waals surface area contributed by atoms with Crippen LogP contribution < -0.4 is 5.32 Å². The highest BCUT2D eigenvalue weighted by molar-refractivity contribution is 7.13. The van der Waals surface area contributed by atoms with E-state index in [9.17, 15) is 14.4 Å². The van der Waals surface area contributed by atoms with Crippen LogP contribution in [0, 0.1) is 35.5 Å². The number of hydrogen-bond acceptors (Lipinski definition) is 9. The summed E-state index contributed by atoms with van der Waals surface area (Å²) < 4.78 is 22.4. The minimum atomic E-state index is -0.950. The molecule has 1 N–H and O–H groups in total. The fourth-order valence-electron chi connectivity index (χ4n) is 7.21. The first-order chi connectivity index (χ1) is 17.2. The minimum absolute atomic E-state index is 0.0618. The van der Waals surface area contributed by atoms with E-state index in [1.165, 1.54) is 11.3 Å². The van der Waals surface area contributed by atoms with E-state index in [1.54, 1.807) is 25.7 Å². The average Bonchev–Trinajstić information content (AvgIpc) is 3.50. The van der Waals surface area contributed by atoms with Gasteiger partial charge in [-0.1, -0.05) is 6.92 Å². The van der Waals surface area contributed by atoms with Crippen LogP contribution in [0.3, 0.4) is 0 Å². The molecule has 10 heteroatoms. The van der Waals surface area contributed by atoms with Gasteiger partial charge in [0.1, 0.15) is 6.10 Å². The molecule has 0 radical (unpaired) electrons. The molecule has 7 atom stereocenters. The Balaban J connectivity index is 1.33. The van der Waals surface area contributed by atoms with E-state index in [2.05, 4.69) is 16.4 Å². The van der Waals surface area contributed by atoms with E-state index in [0.29, 0.717) is 30.8 Å². The van der Waals surface area contributed by atoms with E-state index in [0.717, 1.165) is 17.0 Å². The number of allylic oxidation sites excluding steroid dienone is 2. The number of rotatable bonds is 4. The third kappa shape index (κ3) is 3.33.